The Bertz CT molecular complexity index is 1180. The molecule has 0 fully saturated rings. The summed E-state index contributed by atoms with van der Waals surface area (Å²) in [6.07, 6.45) is 0. The molecule has 0 aliphatic carbocycles. The van der Waals surface area contributed by atoms with Crippen LogP contribution < -0.4 is 10.6 Å². The molecule has 4 rings (SSSR count). The third-order valence-corrected chi connectivity index (χ3v) is 5.64. The summed E-state index contributed by atoms with van der Waals surface area (Å²) >= 11 is 1.56. The van der Waals surface area contributed by atoms with Crippen molar-refractivity contribution in [3.05, 3.63) is 64.5 Å². The lowest BCUT2D eigenvalue weighted by Crippen LogP contribution is -2.11. The second kappa shape index (κ2) is 8.73. The summed E-state index contributed by atoms with van der Waals surface area (Å²) in [5.41, 5.74) is 3.76. The summed E-state index contributed by atoms with van der Waals surface area (Å²) in [7, 11) is 0. The number of aliphatic hydroxyl groups is 1. The van der Waals surface area contributed by atoms with Gasteiger partial charge >= 0.3 is 0 Å². The number of pyridine rings is 1. The van der Waals surface area contributed by atoms with Crippen molar-refractivity contribution in [2.45, 2.75) is 20.4 Å². The molecule has 0 bridgehead atoms. The lowest BCUT2D eigenvalue weighted by Gasteiger charge is -2.12. The van der Waals surface area contributed by atoms with E-state index in [0.717, 1.165) is 37.6 Å². The van der Waals surface area contributed by atoms with Gasteiger partial charge in [-0.1, -0.05) is 18.2 Å². The number of aromatic nitrogens is 3. The highest BCUT2D eigenvalue weighted by Gasteiger charge is 2.19. The number of thiophene rings is 1. The molecule has 1 aromatic carbocycles. The summed E-state index contributed by atoms with van der Waals surface area (Å²) in [4.78, 5) is 15.7. The number of rotatable bonds is 7. The molecule has 0 aliphatic heterocycles. The average molecular weight is 424 g/mol. The van der Waals surface area contributed by atoms with E-state index in [1.54, 1.807) is 23.5 Å². The quantitative estimate of drug-likeness (QED) is 0.405. The Hall–Kier alpha value is -3.10. The van der Waals surface area contributed by atoms with Gasteiger partial charge < -0.3 is 15.7 Å². The highest BCUT2D eigenvalue weighted by molar-refractivity contribution is 7.19. The molecular formula is C22H22FN5OS. The van der Waals surface area contributed by atoms with Crippen molar-refractivity contribution in [3.63, 3.8) is 0 Å². The monoisotopic (exact) mass is 423 g/mol. The third kappa shape index (κ3) is 4.24. The maximum absolute atomic E-state index is 13.5. The number of nitrogens with zero attached hydrogens (tertiary/aromatic N) is 3. The van der Waals surface area contributed by atoms with Crippen molar-refractivity contribution in [1.82, 2.24) is 15.0 Å². The third-order valence-electron chi connectivity index (χ3n) is 4.64. The van der Waals surface area contributed by atoms with Crippen LogP contribution in [0.2, 0.25) is 0 Å². The fourth-order valence-electron chi connectivity index (χ4n) is 3.32. The molecule has 30 heavy (non-hydrogen) atoms. The minimum absolute atomic E-state index is 0.0122. The molecular weight excluding hydrogens is 401 g/mol. The lowest BCUT2D eigenvalue weighted by molar-refractivity contribution is 0.311. The van der Waals surface area contributed by atoms with Gasteiger partial charge in [0.2, 0.25) is 5.95 Å². The van der Waals surface area contributed by atoms with E-state index in [-0.39, 0.29) is 12.4 Å². The van der Waals surface area contributed by atoms with Crippen LogP contribution in [0.1, 0.15) is 16.3 Å². The standard InChI is InChI=1S/C22H22FN5OS/c1-13-4-3-5-17(26-13)12-25-20-19-18(15-6-8-16(23)9-7-15)14(2)30-21(19)28-22(27-20)24-10-11-29/h3-9,29H,10-12H2,1-2H3,(H2,24,25,27,28). The van der Waals surface area contributed by atoms with Crippen LogP contribution in [-0.4, -0.2) is 33.2 Å². The van der Waals surface area contributed by atoms with Gasteiger partial charge in [0.05, 0.1) is 24.2 Å². The molecule has 0 saturated heterocycles. The van der Waals surface area contributed by atoms with Gasteiger partial charge in [-0.3, -0.25) is 4.98 Å². The van der Waals surface area contributed by atoms with Crippen molar-refractivity contribution in [1.29, 1.82) is 0 Å². The molecule has 0 saturated carbocycles. The van der Waals surface area contributed by atoms with Crippen LogP contribution in [-0.2, 0) is 6.54 Å². The molecule has 8 heteroatoms. The predicted octanol–water partition coefficient (Wildman–Crippen LogP) is 4.53. The second-order valence-corrected chi connectivity index (χ2v) is 8.09. The minimum atomic E-state index is -0.272. The number of halogens is 1. The number of hydrogen-bond acceptors (Lipinski definition) is 7. The van der Waals surface area contributed by atoms with E-state index in [2.05, 4.69) is 25.6 Å². The SMILES string of the molecule is Cc1cccc(CNc2nc(NCCO)nc3sc(C)c(-c4ccc(F)cc4)c23)n1. The molecule has 0 radical (unpaired) electrons. The normalized spacial score (nSPS) is 11.1. The van der Waals surface area contributed by atoms with Gasteiger partial charge in [0.25, 0.3) is 0 Å². The first-order chi connectivity index (χ1) is 14.5. The topological polar surface area (TPSA) is 83.0 Å². The van der Waals surface area contributed by atoms with E-state index in [4.69, 9.17) is 5.11 Å². The molecule has 0 spiro atoms. The number of anilines is 2. The van der Waals surface area contributed by atoms with Gasteiger partial charge in [0, 0.05) is 22.7 Å². The number of aliphatic hydroxyl groups excluding tert-OH is 1. The average Bonchev–Trinajstić information content (AvgIpc) is 3.07. The molecule has 3 aromatic heterocycles. The molecule has 4 aromatic rings. The van der Waals surface area contributed by atoms with Crippen LogP contribution in [0.5, 0.6) is 0 Å². The summed E-state index contributed by atoms with van der Waals surface area (Å²) in [5.74, 6) is 0.849. The van der Waals surface area contributed by atoms with E-state index in [0.29, 0.717) is 24.9 Å². The molecule has 3 heterocycles. The highest BCUT2D eigenvalue weighted by atomic mass is 32.1. The van der Waals surface area contributed by atoms with Crippen LogP contribution >= 0.6 is 11.3 Å². The second-order valence-electron chi connectivity index (χ2n) is 6.89. The van der Waals surface area contributed by atoms with Crippen LogP contribution in [0.25, 0.3) is 21.3 Å². The van der Waals surface area contributed by atoms with E-state index < -0.39 is 0 Å². The Kier molecular flexibility index (Phi) is 5.87. The van der Waals surface area contributed by atoms with Crippen LogP contribution in [0.3, 0.4) is 0 Å². The first-order valence-corrected chi connectivity index (χ1v) is 10.4. The van der Waals surface area contributed by atoms with Crippen molar-refractivity contribution < 1.29 is 9.50 Å². The Morgan fingerprint density at radius 1 is 1.00 bits per heavy atom. The summed E-state index contributed by atoms with van der Waals surface area (Å²) in [5, 5.41) is 16.5. The number of benzene rings is 1. The molecule has 3 N–H and O–H groups in total. The van der Waals surface area contributed by atoms with Gasteiger partial charge in [0.1, 0.15) is 16.5 Å². The van der Waals surface area contributed by atoms with Gasteiger partial charge in [-0.05, 0) is 43.7 Å². The minimum Gasteiger partial charge on any atom is -0.395 e. The molecule has 154 valence electrons. The van der Waals surface area contributed by atoms with Crippen LogP contribution in [0.4, 0.5) is 16.2 Å². The fraction of sp³-hybridized carbons (Fsp3) is 0.227. The zero-order valence-corrected chi connectivity index (χ0v) is 17.6. The van der Waals surface area contributed by atoms with Crippen LogP contribution in [0, 0.1) is 19.7 Å². The molecule has 0 amide bonds. The number of aryl methyl sites for hydroxylation is 2. The van der Waals surface area contributed by atoms with E-state index in [9.17, 15) is 4.39 Å². The van der Waals surface area contributed by atoms with Crippen molar-refractivity contribution in [2.75, 3.05) is 23.8 Å². The Balaban J connectivity index is 1.80. The lowest BCUT2D eigenvalue weighted by atomic mass is 10.0. The Morgan fingerprint density at radius 2 is 1.80 bits per heavy atom. The largest absolute Gasteiger partial charge is 0.395 e. The molecule has 0 aliphatic rings. The molecule has 6 nitrogen and oxygen atoms in total. The van der Waals surface area contributed by atoms with Crippen molar-refractivity contribution in [3.8, 4) is 11.1 Å². The number of fused-ring (bicyclic) bond motifs is 1. The first kappa shape index (κ1) is 20.2. The van der Waals surface area contributed by atoms with Gasteiger partial charge in [-0.25, -0.2) is 9.37 Å². The fourth-order valence-corrected chi connectivity index (χ4v) is 4.37. The maximum atomic E-state index is 13.5. The van der Waals surface area contributed by atoms with E-state index >= 15 is 0 Å². The zero-order chi connectivity index (χ0) is 21.1. The van der Waals surface area contributed by atoms with Gasteiger partial charge in [0.15, 0.2) is 0 Å². The van der Waals surface area contributed by atoms with E-state index in [1.165, 1.54) is 12.1 Å². The predicted molar refractivity (Wildman–Crippen MR) is 119 cm³/mol. The zero-order valence-electron chi connectivity index (χ0n) is 16.7. The summed E-state index contributed by atoms with van der Waals surface area (Å²) < 4.78 is 13.5. The summed E-state index contributed by atoms with van der Waals surface area (Å²) in [6, 6.07) is 12.4. The highest BCUT2D eigenvalue weighted by Crippen LogP contribution is 2.41. The van der Waals surface area contributed by atoms with Crippen LogP contribution in [0.15, 0.2) is 42.5 Å². The Morgan fingerprint density at radius 3 is 2.53 bits per heavy atom. The van der Waals surface area contributed by atoms with Crippen molar-refractivity contribution >= 4 is 33.3 Å². The number of hydrogen-bond donors (Lipinski definition) is 3. The van der Waals surface area contributed by atoms with Crippen molar-refractivity contribution in [2.24, 2.45) is 0 Å². The Labute approximate surface area is 177 Å². The maximum Gasteiger partial charge on any atom is 0.226 e. The van der Waals surface area contributed by atoms with Gasteiger partial charge in [-0.2, -0.15) is 4.98 Å². The van der Waals surface area contributed by atoms with Gasteiger partial charge in [-0.15, -0.1) is 11.3 Å². The smallest absolute Gasteiger partial charge is 0.226 e. The first-order valence-electron chi connectivity index (χ1n) is 9.63. The number of nitrogens with one attached hydrogen (secondary N) is 2. The molecule has 0 atom stereocenters. The molecule has 0 unspecified atom stereocenters. The summed E-state index contributed by atoms with van der Waals surface area (Å²) in [6.45, 7) is 4.84. The van der Waals surface area contributed by atoms with E-state index in [1.807, 2.05) is 32.0 Å².